The lowest BCUT2D eigenvalue weighted by Crippen LogP contribution is -2.42. The van der Waals surface area contributed by atoms with Gasteiger partial charge in [0.15, 0.2) is 0 Å². The van der Waals surface area contributed by atoms with Crippen LogP contribution in [-0.4, -0.2) is 33.0 Å². The van der Waals surface area contributed by atoms with Crippen LogP contribution in [0.2, 0.25) is 0 Å². The van der Waals surface area contributed by atoms with E-state index in [4.69, 9.17) is 0 Å². The predicted octanol–water partition coefficient (Wildman–Crippen LogP) is 2.39. The summed E-state index contributed by atoms with van der Waals surface area (Å²) in [7, 11) is 0. The summed E-state index contributed by atoms with van der Waals surface area (Å²) >= 11 is 0. The summed E-state index contributed by atoms with van der Waals surface area (Å²) < 4.78 is 2.63. The first-order valence-corrected chi connectivity index (χ1v) is 9.58. The highest BCUT2D eigenvalue weighted by atomic mass is 16.2. The van der Waals surface area contributed by atoms with Crippen LogP contribution in [0.15, 0.2) is 52.1 Å². The van der Waals surface area contributed by atoms with Gasteiger partial charge in [-0.15, -0.1) is 0 Å². The van der Waals surface area contributed by atoms with Gasteiger partial charge in [0.1, 0.15) is 6.54 Å². The van der Waals surface area contributed by atoms with Crippen molar-refractivity contribution >= 4 is 16.8 Å². The van der Waals surface area contributed by atoms with Gasteiger partial charge in [-0.1, -0.05) is 24.3 Å². The third-order valence-electron chi connectivity index (χ3n) is 5.62. The summed E-state index contributed by atoms with van der Waals surface area (Å²) in [5.41, 5.74) is 2.07. The zero-order valence-electron chi connectivity index (χ0n) is 16.1. The molecular formula is C22H23N3O3. The Bertz CT molecular complexity index is 1180. The molecule has 1 saturated heterocycles. The molecule has 6 nitrogen and oxygen atoms in total. The lowest BCUT2D eigenvalue weighted by atomic mass is 10.1. The van der Waals surface area contributed by atoms with Crippen molar-refractivity contribution < 1.29 is 4.79 Å². The van der Waals surface area contributed by atoms with Gasteiger partial charge in [0, 0.05) is 13.1 Å². The van der Waals surface area contributed by atoms with E-state index >= 15 is 0 Å². The molecule has 0 radical (unpaired) electrons. The maximum absolute atomic E-state index is 13.4. The molecule has 0 bridgehead atoms. The number of benzene rings is 2. The van der Waals surface area contributed by atoms with Crippen molar-refractivity contribution in [3.8, 4) is 5.69 Å². The monoisotopic (exact) mass is 377 g/mol. The number of amides is 1. The quantitative estimate of drug-likeness (QED) is 0.704. The highest BCUT2D eigenvalue weighted by Gasteiger charge is 2.22. The zero-order valence-corrected chi connectivity index (χ0v) is 16.1. The maximum Gasteiger partial charge on any atom is 0.336 e. The average Bonchev–Trinajstić information content (AvgIpc) is 3.23. The number of para-hydroxylation sites is 1. The molecule has 0 aliphatic carbocycles. The molecule has 0 unspecified atom stereocenters. The molecule has 1 aliphatic rings. The first-order chi connectivity index (χ1) is 13.5. The highest BCUT2D eigenvalue weighted by molar-refractivity contribution is 5.82. The summed E-state index contributed by atoms with van der Waals surface area (Å²) in [6.07, 6.45) is 1.98. The summed E-state index contributed by atoms with van der Waals surface area (Å²) in [5, 5.41) is 0.428. The molecular weight excluding hydrogens is 354 g/mol. The van der Waals surface area contributed by atoms with Crippen LogP contribution in [0.1, 0.15) is 24.0 Å². The Kier molecular flexibility index (Phi) is 4.63. The second kappa shape index (κ2) is 7.11. The normalized spacial score (nSPS) is 14.0. The largest absolute Gasteiger partial charge is 0.341 e. The SMILES string of the molecule is Cc1cccc(-n2c(=O)c3ccccc3n(CC(=O)N3CCCC3)c2=O)c1C. The van der Waals surface area contributed by atoms with Gasteiger partial charge < -0.3 is 4.90 Å². The van der Waals surface area contributed by atoms with Gasteiger partial charge >= 0.3 is 5.69 Å². The number of nitrogens with zero attached hydrogens (tertiary/aromatic N) is 3. The number of likely N-dealkylation sites (tertiary alicyclic amines) is 1. The van der Waals surface area contributed by atoms with Crippen molar-refractivity contribution in [2.75, 3.05) is 13.1 Å². The topological polar surface area (TPSA) is 64.3 Å². The summed E-state index contributed by atoms with van der Waals surface area (Å²) in [5.74, 6) is -0.0871. The second-order valence-corrected chi connectivity index (χ2v) is 7.33. The van der Waals surface area contributed by atoms with Crippen molar-refractivity contribution in [1.29, 1.82) is 0 Å². The number of carbonyl (C=O) groups is 1. The van der Waals surface area contributed by atoms with E-state index in [0.29, 0.717) is 16.6 Å². The van der Waals surface area contributed by atoms with Gasteiger partial charge in [0.2, 0.25) is 5.91 Å². The Morgan fingerprint density at radius 2 is 1.68 bits per heavy atom. The Morgan fingerprint density at radius 1 is 0.964 bits per heavy atom. The smallest absolute Gasteiger partial charge is 0.336 e. The van der Waals surface area contributed by atoms with E-state index < -0.39 is 5.69 Å². The van der Waals surface area contributed by atoms with Crippen molar-refractivity contribution in [3.63, 3.8) is 0 Å². The minimum atomic E-state index is -0.482. The highest BCUT2D eigenvalue weighted by Crippen LogP contribution is 2.17. The molecule has 0 atom stereocenters. The number of aromatic nitrogens is 2. The van der Waals surface area contributed by atoms with E-state index in [1.807, 2.05) is 26.0 Å². The Morgan fingerprint density at radius 3 is 2.43 bits per heavy atom. The standard InChI is InChI=1S/C22H23N3O3/c1-15-8-7-11-18(16(15)2)25-21(27)17-9-3-4-10-19(17)24(22(25)28)14-20(26)23-12-5-6-13-23/h3-4,7-11H,5-6,12-14H2,1-2H3. The molecule has 0 saturated carbocycles. The van der Waals surface area contributed by atoms with Crippen molar-refractivity contribution in [3.05, 3.63) is 74.4 Å². The first-order valence-electron chi connectivity index (χ1n) is 9.58. The molecule has 3 aromatic rings. The lowest BCUT2D eigenvalue weighted by Gasteiger charge is -2.19. The van der Waals surface area contributed by atoms with Crippen molar-refractivity contribution in [2.24, 2.45) is 0 Å². The molecule has 6 heteroatoms. The van der Waals surface area contributed by atoms with Gasteiger partial charge in [-0.2, -0.15) is 0 Å². The Labute approximate surface area is 162 Å². The molecule has 1 fully saturated rings. The zero-order chi connectivity index (χ0) is 19.8. The van der Waals surface area contributed by atoms with Gasteiger partial charge in [0.05, 0.1) is 16.6 Å². The fourth-order valence-corrected chi connectivity index (χ4v) is 3.87. The van der Waals surface area contributed by atoms with E-state index in [1.54, 1.807) is 35.2 Å². The Hall–Kier alpha value is -3.15. The third kappa shape index (κ3) is 2.95. The van der Waals surface area contributed by atoms with Crippen LogP contribution in [0.25, 0.3) is 16.6 Å². The summed E-state index contributed by atoms with van der Waals surface area (Å²) in [4.78, 5) is 41.1. The Balaban J connectivity index is 1.97. The molecule has 2 aromatic carbocycles. The number of fused-ring (bicyclic) bond motifs is 1. The number of carbonyl (C=O) groups excluding carboxylic acids is 1. The van der Waals surface area contributed by atoms with Gasteiger partial charge in [-0.3, -0.25) is 14.2 Å². The van der Waals surface area contributed by atoms with Crippen molar-refractivity contribution in [1.82, 2.24) is 14.0 Å². The first kappa shape index (κ1) is 18.2. The molecule has 1 amide bonds. The molecule has 144 valence electrons. The average molecular weight is 377 g/mol. The van der Waals surface area contributed by atoms with Crippen LogP contribution < -0.4 is 11.2 Å². The molecule has 0 N–H and O–H groups in total. The van der Waals surface area contributed by atoms with E-state index in [2.05, 4.69) is 0 Å². The number of hydrogen-bond acceptors (Lipinski definition) is 3. The number of aryl methyl sites for hydroxylation is 1. The fraction of sp³-hybridized carbons (Fsp3) is 0.318. The van der Waals surface area contributed by atoms with Crippen molar-refractivity contribution in [2.45, 2.75) is 33.2 Å². The van der Waals surface area contributed by atoms with E-state index in [0.717, 1.165) is 37.1 Å². The maximum atomic E-state index is 13.4. The van der Waals surface area contributed by atoms with Crippen LogP contribution in [0.5, 0.6) is 0 Å². The summed E-state index contributed by atoms with van der Waals surface area (Å²) in [6.45, 7) is 5.22. The van der Waals surface area contributed by atoms with E-state index in [1.165, 1.54) is 9.13 Å². The molecule has 28 heavy (non-hydrogen) atoms. The molecule has 1 aliphatic heterocycles. The molecule has 4 rings (SSSR count). The lowest BCUT2D eigenvalue weighted by molar-refractivity contribution is -0.130. The molecule has 2 heterocycles. The fourth-order valence-electron chi connectivity index (χ4n) is 3.87. The van der Waals surface area contributed by atoms with Crippen LogP contribution in [0.3, 0.4) is 0 Å². The van der Waals surface area contributed by atoms with E-state index in [9.17, 15) is 14.4 Å². The second-order valence-electron chi connectivity index (χ2n) is 7.33. The minimum Gasteiger partial charge on any atom is -0.341 e. The van der Waals surface area contributed by atoms with Crippen LogP contribution in [-0.2, 0) is 11.3 Å². The van der Waals surface area contributed by atoms with Gasteiger partial charge in [-0.05, 0) is 56.0 Å². The van der Waals surface area contributed by atoms with Crippen LogP contribution >= 0.6 is 0 Å². The minimum absolute atomic E-state index is 0.0650. The number of rotatable bonds is 3. The third-order valence-corrected chi connectivity index (χ3v) is 5.62. The molecule has 0 spiro atoms. The number of hydrogen-bond donors (Lipinski definition) is 0. The van der Waals surface area contributed by atoms with Gasteiger partial charge in [-0.25, -0.2) is 9.36 Å². The van der Waals surface area contributed by atoms with Crippen LogP contribution in [0, 0.1) is 13.8 Å². The predicted molar refractivity (Wildman–Crippen MR) is 109 cm³/mol. The van der Waals surface area contributed by atoms with E-state index in [-0.39, 0.29) is 18.0 Å². The van der Waals surface area contributed by atoms with Gasteiger partial charge in [0.25, 0.3) is 5.56 Å². The molecule has 1 aromatic heterocycles. The van der Waals surface area contributed by atoms with Crippen LogP contribution in [0.4, 0.5) is 0 Å². The summed E-state index contributed by atoms with van der Waals surface area (Å²) in [6, 6.07) is 12.5.